The van der Waals surface area contributed by atoms with E-state index in [4.69, 9.17) is 43.1 Å². The highest BCUT2D eigenvalue weighted by atomic mass is 16.7. The molecule has 121 heavy (non-hydrogen) atoms. The third-order valence-corrected chi connectivity index (χ3v) is 25.7. The van der Waals surface area contributed by atoms with Gasteiger partial charge in [0, 0.05) is 126 Å². The van der Waals surface area contributed by atoms with E-state index in [1.807, 2.05) is 15.2 Å². The maximum atomic E-state index is 13.4. The topological polar surface area (TPSA) is 188 Å². The van der Waals surface area contributed by atoms with Gasteiger partial charge in [-0.1, -0.05) is 241 Å². The Morgan fingerprint density at radius 3 is 0.694 bits per heavy atom. The summed E-state index contributed by atoms with van der Waals surface area (Å²) in [5.74, 6) is -0.421. The van der Waals surface area contributed by atoms with Crippen molar-refractivity contribution in [3.63, 3.8) is 0 Å². The molecule has 0 amide bonds. The Hall–Kier alpha value is -2.56. The second-order valence-corrected chi connectivity index (χ2v) is 44.1. The van der Waals surface area contributed by atoms with E-state index in [0.29, 0.717) is 19.3 Å². The molecule has 5 saturated heterocycles. The van der Waals surface area contributed by atoms with Crippen LogP contribution in [-0.2, 0) is 62.3 Å². The summed E-state index contributed by atoms with van der Waals surface area (Å²) in [5.41, 5.74) is -3.12. The van der Waals surface area contributed by atoms with Gasteiger partial charge in [0.1, 0.15) is 24.4 Å². The van der Waals surface area contributed by atoms with Gasteiger partial charge in [0.2, 0.25) is 0 Å². The zero-order chi connectivity index (χ0) is 89.4. The highest BCUT2D eigenvalue weighted by Crippen LogP contribution is 2.47. The second-order valence-electron chi connectivity index (χ2n) is 44.1. The van der Waals surface area contributed by atoms with Crippen LogP contribution in [0.2, 0.25) is 0 Å². The maximum absolute atomic E-state index is 13.4. The lowest BCUT2D eigenvalue weighted by molar-refractivity contribution is -0.306. The Kier molecular flexibility index (Phi) is 54.7. The molecule has 0 unspecified atom stereocenters. The molecule has 0 spiro atoms. The van der Waals surface area contributed by atoms with Gasteiger partial charge in [0.05, 0.1) is 45.6 Å². The van der Waals surface area contributed by atoms with Crippen LogP contribution in [0, 0.1) is 5.92 Å². The van der Waals surface area contributed by atoms with Crippen molar-refractivity contribution in [2.45, 2.75) is 594 Å². The van der Waals surface area contributed by atoms with E-state index in [1.54, 1.807) is 28.1 Å². The molecule has 5 heterocycles. The predicted molar refractivity (Wildman–Crippen MR) is 503 cm³/mol. The van der Waals surface area contributed by atoms with E-state index >= 15 is 0 Å². The van der Waals surface area contributed by atoms with Crippen LogP contribution in [-0.4, -0.2) is 174 Å². The summed E-state index contributed by atoms with van der Waals surface area (Å²) in [7, 11) is 3.43. The molecule has 718 valence electrons. The fourth-order valence-electron chi connectivity index (χ4n) is 21.4. The lowest BCUT2D eigenvalue weighted by atomic mass is 9.75. The van der Waals surface area contributed by atoms with Crippen molar-refractivity contribution in [1.29, 1.82) is 0 Å². The predicted octanol–water partition coefficient (Wildman–Crippen LogP) is 27.1. The third kappa shape index (κ3) is 44.5. The first-order valence-electron chi connectivity index (χ1n) is 49.1. The van der Waals surface area contributed by atoms with E-state index in [1.165, 1.54) is 173 Å². The molecular weight excluding hydrogens is 1520 g/mol. The Morgan fingerprint density at radius 2 is 0.471 bits per heavy atom. The first-order chi connectivity index (χ1) is 55.6. The van der Waals surface area contributed by atoms with Crippen molar-refractivity contribution < 1.29 is 67.4 Å². The molecule has 19 heteroatoms. The quantitative estimate of drug-likeness (QED) is 0.0344. The zero-order valence-electron chi connectivity index (χ0n) is 82.9. The molecule has 0 aromatic heterocycles. The molecule has 0 aromatic rings. The number of hydrogen-bond acceptors (Lipinski definition) is 19. The Bertz CT molecular complexity index is 2670. The van der Waals surface area contributed by atoms with Gasteiger partial charge < -0.3 is 33.7 Å². The zero-order valence-corrected chi connectivity index (χ0v) is 82.9. The molecule has 0 atom stereocenters. The van der Waals surface area contributed by atoms with Gasteiger partial charge in [0.15, 0.2) is 0 Å². The van der Waals surface area contributed by atoms with E-state index in [9.17, 15) is 24.3 Å². The molecule has 0 aromatic carbocycles. The Morgan fingerprint density at radius 1 is 0.281 bits per heavy atom. The highest BCUT2D eigenvalue weighted by molar-refractivity contribution is 5.73. The number of carbonyl (C=O) groups excluding carboxylic acids is 4. The van der Waals surface area contributed by atoms with Gasteiger partial charge in [-0.05, 0) is 197 Å². The molecule has 0 saturated carbocycles. The number of piperidine rings is 5. The number of ether oxygens (including phenoxy) is 4. The molecule has 0 aliphatic carbocycles. The average molecular weight is 1720 g/mol. The fraction of sp³-hybridized carbons (Fsp3) is 0.961. The van der Waals surface area contributed by atoms with Crippen LogP contribution >= 0.6 is 0 Å². The van der Waals surface area contributed by atoms with Crippen molar-refractivity contribution in [3.05, 3.63) is 0 Å². The molecule has 5 fully saturated rings. The standard InChI is InChI=1S/C38H72N2O6.C31H60N2O4.C31H61NO4.2CH4/c1-11-12-13-14-17-20-23-26-44-40-37(6,7)29-32(30-38(40,8)9)46-34(42)25-22-19-16-15-18-21-24-33(41)45-31-27-35(2,3)39(43-10)36(4,5)28-31;1-11-12-13-14-15-16-17-18-19-20-36-33-30(6,7)23-26(24-31(33,8)9)37-27(34)25-21-28(2,3)32(35-10)29(4,5)22-25;1-8-9-10-11-12-13-14-15-16-17-18-19-20-21-22-23-28(33)36-27-24-29(2,3)32(30(4,5)25-27)35-26-31(6,7)34;;/h31-32H,11-30H2,1-10H3;25-26H,11-24H2,1-10H3;27,34H,8-26H2,1-7H3;2*1H4. The minimum absolute atomic E-state index is 0. The van der Waals surface area contributed by atoms with Gasteiger partial charge >= 0.3 is 23.9 Å². The summed E-state index contributed by atoms with van der Waals surface area (Å²) in [6.45, 7) is 55.3. The van der Waals surface area contributed by atoms with Crippen LogP contribution in [0.5, 0.6) is 0 Å². The summed E-state index contributed by atoms with van der Waals surface area (Å²) in [6, 6.07) is 0. The summed E-state index contributed by atoms with van der Waals surface area (Å²) in [4.78, 5) is 81.3. The van der Waals surface area contributed by atoms with Crippen molar-refractivity contribution in [2.24, 2.45) is 5.92 Å². The summed E-state index contributed by atoms with van der Waals surface area (Å²) >= 11 is 0. The maximum Gasteiger partial charge on any atom is 0.309 e. The van der Waals surface area contributed by atoms with Crippen LogP contribution in [0.3, 0.4) is 0 Å². The second kappa shape index (κ2) is 56.8. The van der Waals surface area contributed by atoms with Crippen LogP contribution < -0.4 is 0 Å². The molecule has 5 aliphatic rings. The Balaban J connectivity index is 0.000000909. The van der Waals surface area contributed by atoms with E-state index in [0.717, 1.165) is 142 Å². The van der Waals surface area contributed by atoms with Gasteiger partial charge in [-0.25, -0.2) is 0 Å². The lowest BCUT2D eigenvalue weighted by Crippen LogP contribution is -2.63. The summed E-state index contributed by atoms with van der Waals surface area (Å²) in [6.07, 6.45) is 55.1. The third-order valence-electron chi connectivity index (χ3n) is 25.7. The summed E-state index contributed by atoms with van der Waals surface area (Å²) < 4.78 is 24.0. The molecule has 19 nitrogen and oxygen atoms in total. The van der Waals surface area contributed by atoms with E-state index < -0.39 is 5.60 Å². The first-order valence-corrected chi connectivity index (χ1v) is 49.1. The molecule has 0 radical (unpaired) electrons. The van der Waals surface area contributed by atoms with Crippen LogP contribution in [0.15, 0.2) is 0 Å². The van der Waals surface area contributed by atoms with Gasteiger partial charge in [-0.15, -0.1) is 0 Å². The van der Waals surface area contributed by atoms with Crippen molar-refractivity contribution in [1.82, 2.24) is 25.3 Å². The number of aliphatic hydroxyl groups is 1. The normalized spacial score (nSPS) is 21.2. The largest absolute Gasteiger partial charge is 0.462 e. The minimum Gasteiger partial charge on any atom is -0.462 e. The molecule has 5 aliphatic heterocycles. The number of unbranched alkanes of at least 4 members (excludes halogenated alkanes) is 33. The van der Waals surface area contributed by atoms with E-state index in [2.05, 4.69) is 169 Å². The van der Waals surface area contributed by atoms with E-state index in [-0.39, 0.29) is 131 Å². The van der Waals surface area contributed by atoms with Crippen LogP contribution in [0.25, 0.3) is 0 Å². The van der Waals surface area contributed by atoms with Crippen molar-refractivity contribution in [3.8, 4) is 0 Å². The van der Waals surface area contributed by atoms with Crippen molar-refractivity contribution in [2.75, 3.05) is 34.0 Å². The number of rotatable bonds is 55. The summed E-state index contributed by atoms with van der Waals surface area (Å²) in [5, 5.41) is 20.5. The van der Waals surface area contributed by atoms with Gasteiger partial charge in [-0.3, -0.25) is 33.7 Å². The Labute approximate surface area is 747 Å². The number of carbonyl (C=O) groups is 4. The first kappa shape index (κ1) is 116. The molecule has 5 rings (SSSR count). The minimum atomic E-state index is -0.886. The van der Waals surface area contributed by atoms with Gasteiger partial charge in [0.25, 0.3) is 0 Å². The SMILES string of the molecule is C.C.CCCCCCCCCCCCCCCCCC(=O)OC1CC(C)(C)N(OCC(C)(C)O)C(C)(C)C1.CCCCCCCCCCCON1C(C)(C)CC(OC(=O)C2CC(C)(C)N(OC)C(C)(C)C2)CC1(C)C.CCCCCCCCCON1C(C)(C)CC(OC(=O)CCCCCCCCC(=O)OC2CC(C)(C)N(OC)C(C)(C)C2)CC1(C)C. The number of hydroxylamine groups is 10. The molecule has 1 N–H and O–H groups in total. The number of esters is 4. The number of nitrogens with zero attached hydrogens (tertiary/aromatic N) is 5. The smallest absolute Gasteiger partial charge is 0.309 e. The van der Waals surface area contributed by atoms with Crippen molar-refractivity contribution >= 4 is 23.9 Å². The molecule has 0 bridgehead atoms. The lowest BCUT2D eigenvalue weighted by Gasteiger charge is -2.54. The monoisotopic (exact) mass is 1720 g/mol. The number of hydrogen-bond donors (Lipinski definition) is 1. The highest BCUT2D eigenvalue weighted by Gasteiger charge is 2.54. The average Bonchev–Trinajstić information content (AvgIpc) is 0.786. The van der Waals surface area contributed by atoms with Gasteiger partial charge in [-0.2, -0.15) is 25.3 Å². The molecular formula is C102H201N5O14. The van der Waals surface area contributed by atoms with Crippen LogP contribution in [0.4, 0.5) is 0 Å². The van der Waals surface area contributed by atoms with Crippen LogP contribution in [0.1, 0.15) is 509 Å². The fourth-order valence-corrected chi connectivity index (χ4v) is 21.4.